The molecule has 0 unspecified atom stereocenters. The predicted octanol–water partition coefficient (Wildman–Crippen LogP) is 1.12. The van der Waals surface area contributed by atoms with E-state index in [-0.39, 0.29) is 28.3 Å². The number of benzene rings is 1. The molecule has 6 nitrogen and oxygen atoms in total. The van der Waals surface area contributed by atoms with Crippen molar-refractivity contribution in [3.8, 4) is 0 Å². The Kier molecular flexibility index (Phi) is 5.04. The van der Waals surface area contributed by atoms with Crippen molar-refractivity contribution >= 4 is 33.4 Å². The van der Waals surface area contributed by atoms with Gasteiger partial charge in [0.25, 0.3) is 0 Å². The number of methoxy groups -OCH3 is 1. The van der Waals surface area contributed by atoms with E-state index in [2.05, 4.69) is 4.74 Å². The molecule has 0 atom stereocenters. The van der Waals surface area contributed by atoms with Crippen LogP contribution in [-0.2, 0) is 19.6 Å². The minimum Gasteiger partial charge on any atom is -0.469 e. The van der Waals surface area contributed by atoms with Gasteiger partial charge in [-0.15, -0.1) is 0 Å². The van der Waals surface area contributed by atoms with Gasteiger partial charge in [0.1, 0.15) is 4.90 Å². The number of hydrogen-bond acceptors (Lipinski definition) is 5. The first-order valence-electron chi connectivity index (χ1n) is 5.18. The molecule has 0 heterocycles. The lowest BCUT2D eigenvalue weighted by atomic mass is 10.1. The van der Waals surface area contributed by atoms with E-state index < -0.39 is 21.8 Å². The third-order valence-electron chi connectivity index (χ3n) is 2.34. The molecule has 0 spiro atoms. The van der Waals surface area contributed by atoms with Crippen molar-refractivity contribution in [2.75, 3.05) is 7.11 Å². The summed E-state index contributed by atoms with van der Waals surface area (Å²) in [6.45, 7) is 0. The van der Waals surface area contributed by atoms with Gasteiger partial charge in [-0.2, -0.15) is 0 Å². The monoisotopic (exact) mass is 305 g/mol. The molecule has 1 rings (SSSR count). The molecule has 0 saturated carbocycles. The number of hydrogen-bond donors (Lipinski definition) is 1. The highest BCUT2D eigenvalue weighted by Gasteiger charge is 2.17. The van der Waals surface area contributed by atoms with Crippen LogP contribution in [0.15, 0.2) is 23.1 Å². The highest BCUT2D eigenvalue weighted by Crippen LogP contribution is 2.22. The summed E-state index contributed by atoms with van der Waals surface area (Å²) >= 11 is 5.69. The van der Waals surface area contributed by atoms with Crippen LogP contribution in [0.5, 0.6) is 0 Å². The van der Waals surface area contributed by atoms with Crippen LogP contribution in [-0.4, -0.2) is 27.3 Å². The van der Waals surface area contributed by atoms with Gasteiger partial charge in [0.05, 0.1) is 18.6 Å². The Balaban J connectivity index is 2.97. The molecule has 2 N–H and O–H groups in total. The highest BCUT2D eigenvalue weighted by atomic mass is 35.5. The van der Waals surface area contributed by atoms with Crippen molar-refractivity contribution in [3.05, 3.63) is 28.8 Å². The molecule has 0 fully saturated rings. The number of ether oxygens (including phenoxy) is 1. The molecule has 0 aromatic heterocycles. The van der Waals surface area contributed by atoms with Gasteiger partial charge in [-0.05, 0) is 18.2 Å². The number of esters is 1. The van der Waals surface area contributed by atoms with Crippen LogP contribution in [0, 0.1) is 0 Å². The van der Waals surface area contributed by atoms with Crippen LogP contribution in [0.3, 0.4) is 0 Å². The molecule has 0 aliphatic rings. The predicted molar refractivity (Wildman–Crippen MR) is 68.4 cm³/mol. The minimum absolute atomic E-state index is 0.0629. The fourth-order valence-corrected chi connectivity index (χ4v) is 2.43. The summed E-state index contributed by atoms with van der Waals surface area (Å²) in [6, 6.07) is 3.74. The Morgan fingerprint density at radius 3 is 2.47 bits per heavy atom. The van der Waals surface area contributed by atoms with Crippen LogP contribution < -0.4 is 5.14 Å². The van der Waals surface area contributed by atoms with Crippen LogP contribution in [0.25, 0.3) is 0 Å². The molecule has 104 valence electrons. The van der Waals surface area contributed by atoms with Gasteiger partial charge >= 0.3 is 5.97 Å². The number of sulfonamides is 1. The molecule has 0 saturated heterocycles. The highest BCUT2D eigenvalue weighted by molar-refractivity contribution is 7.89. The number of carbonyl (C=O) groups is 2. The summed E-state index contributed by atoms with van der Waals surface area (Å²) in [5, 5.41) is 4.91. The van der Waals surface area contributed by atoms with E-state index in [9.17, 15) is 18.0 Å². The van der Waals surface area contributed by atoms with E-state index in [1.807, 2.05) is 0 Å². The van der Waals surface area contributed by atoms with Crippen molar-refractivity contribution in [2.24, 2.45) is 5.14 Å². The lowest BCUT2D eigenvalue weighted by Crippen LogP contribution is -2.14. The number of Topliss-reactive ketones (excluding diaryl/α,β-unsaturated/α-hetero) is 1. The number of primary sulfonamides is 1. The van der Waals surface area contributed by atoms with Crippen molar-refractivity contribution in [1.29, 1.82) is 0 Å². The van der Waals surface area contributed by atoms with E-state index in [0.717, 1.165) is 6.07 Å². The van der Waals surface area contributed by atoms with Gasteiger partial charge in [0.2, 0.25) is 10.0 Å². The summed E-state index contributed by atoms with van der Waals surface area (Å²) in [5.41, 5.74) is 0.123. The second-order valence-electron chi connectivity index (χ2n) is 3.69. The van der Waals surface area contributed by atoms with Crippen LogP contribution in [0.1, 0.15) is 23.2 Å². The lowest BCUT2D eigenvalue weighted by molar-refractivity contribution is -0.140. The second kappa shape index (κ2) is 6.14. The topological polar surface area (TPSA) is 104 Å². The standard InChI is InChI=1S/C11H12ClNO5S/c1-18-11(15)5-4-9(14)7-2-3-8(12)10(6-7)19(13,16)17/h2-3,6H,4-5H2,1H3,(H2,13,16,17). The second-order valence-corrected chi connectivity index (χ2v) is 5.63. The van der Waals surface area contributed by atoms with Crippen LogP contribution >= 0.6 is 11.6 Å². The molecule has 8 heteroatoms. The molecular formula is C11H12ClNO5S. The van der Waals surface area contributed by atoms with E-state index in [1.54, 1.807) is 0 Å². The Morgan fingerprint density at radius 2 is 1.95 bits per heavy atom. The van der Waals surface area contributed by atoms with Gasteiger partial charge < -0.3 is 4.74 Å². The smallest absolute Gasteiger partial charge is 0.305 e. The zero-order valence-corrected chi connectivity index (χ0v) is 11.6. The average molecular weight is 306 g/mol. The number of rotatable bonds is 5. The molecule has 19 heavy (non-hydrogen) atoms. The summed E-state index contributed by atoms with van der Waals surface area (Å²) in [7, 11) is -2.78. The molecule has 0 aliphatic carbocycles. The quantitative estimate of drug-likeness (QED) is 0.648. The fourth-order valence-electron chi connectivity index (χ4n) is 1.36. The normalized spacial score (nSPS) is 11.1. The molecule has 0 bridgehead atoms. The number of nitrogens with two attached hydrogens (primary N) is 1. The van der Waals surface area contributed by atoms with Gasteiger partial charge in [0, 0.05) is 12.0 Å². The van der Waals surface area contributed by atoms with Crippen molar-refractivity contribution in [1.82, 2.24) is 0 Å². The summed E-state index contributed by atoms with van der Waals surface area (Å²) < 4.78 is 26.9. The van der Waals surface area contributed by atoms with E-state index in [4.69, 9.17) is 16.7 Å². The van der Waals surface area contributed by atoms with Crippen LogP contribution in [0.4, 0.5) is 0 Å². The van der Waals surface area contributed by atoms with Crippen molar-refractivity contribution in [3.63, 3.8) is 0 Å². The van der Waals surface area contributed by atoms with E-state index in [1.165, 1.54) is 19.2 Å². The first-order valence-corrected chi connectivity index (χ1v) is 7.10. The third-order valence-corrected chi connectivity index (χ3v) is 3.74. The SMILES string of the molecule is COC(=O)CCC(=O)c1ccc(Cl)c(S(N)(=O)=O)c1. The minimum atomic E-state index is -4.00. The van der Waals surface area contributed by atoms with Gasteiger partial charge in [-0.25, -0.2) is 13.6 Å². The first-order chi connectivity index (χ1) is 8.75. The molecule has 1 aromatic carbocycles. The zero-order valence-electron chi connectivity index (χ0n) is 10.1. The molecule has 0 radical (unpaired) electrons. The maximum absolute atomic E-state index is 11.8. The third kappa shape index (κ3) is 4.30. The Hall–Kier alpha value is -1.44. The van der Waals surface area contributed by atoms with E-state index >= 15 is 0 Å². The van der Waals surface area contributed by atoms with E-state index in [0.29, 0.717) is 0 Å². The summed E-state index contributed by atoms with van der Waals surface area (Å²) in [5.74, 6) is -0.916. The largest absolute Gasteiger partial charge is 0.469 e. The number of ketones is 1. The fraction of sp³-hybridized carbons (Fsp3) is 0.273. The summed E-state index contributed by atoms with van der Waals surface area (Å²) in [6.07, 6.45) is -0.166. The summed E-state index contributed by atoms with van der Waals surface area (Å²) in [4.78, 5) is 22.4. The lowest BCUT2D eigenvalue weighted by Gasteiger charge is -2.05. The maximum atomic E-state index is 11.8. The zero-order chi connectivity index (χ0) is 14.6. The number of halogens is 1. The Morgan fingerprint density at radius 1 is 1.32 bits per heavy atom. The molecule has 0 aliphatic heterocycles. The molecule has 0 amide bonds. The molecule has 1 aromatic rings. The van der Waals surface area contributed by atoms with Gasteiger partial charge in [-0.1, -0.05) is 11.6 Å². The maximum Gasteiger partial charge on any atom is 0.305 e. The first kappa shape index (κ1) is 15.6. The Bertz CT molecular complexity index is 612. The van der Waals surface area contributed by atoms with Crippen molar-refractivity contribution < 1.29 is 22.7 Å². The van der Waals surface area contributed by atoms with Gasteiger partial charge in [-0.3, -0.25) is 9.59 Å². The Labute approximate surface area is 115 Å². The van der Waals surface area contributed by atoms with Crippen LogP contribution in [0.2, 0.25) is 5.02 Å². The number of carbonyl (C=O) groups excluding carboxylic acids is 2. The van der Waals surface area contributed by atoms with Gasteiger partial charge in [0.15, 0.2) is 5.78 Å². The van der Waals surface area contributed by atoms with Crippen molar-refractivity contribution in [2.45, 2.75) is 17.7 Å². The average Bonchev–Trinajstić information content (AvgIpc) is 2.34. The molecular weight excluding hydrogens is 294 g/mol.